The Morgan fingerprint density at radius 2 is 1.63 bits per heavy atom. The van der Waals surface area contributed by atoms with Crippen LogP contribution in [-0.2, 0) is 38.4 Å². The minimum absolute atomic E-state index is 0.0424. The molecule has 3 unspecified atom stereocenters. The molecule has 0 radical (unpaired) electrons. The number of ether oxygens (including phenoxy) is 1. The van der Waals surface area contributed by atoms with Gasteiger partial charge in [-0.3, -0.25) is 19.4 Å². The molecule has 0 saturated heterocycles. The van der Waals surface area contributed by atoms with E-state index in [-0.39, 0.29) is 49.6 Å². The van der Waals surface area contributed by atoms with Crippen LogP contribution in [0.25, 0.3) is 33.2 Å². The smallest absolute Gasteiger partial charge is 0.310 e. The number of carboxylic acid groups (broad SMARTS) is 1. The molecule has 0 spiro atoms. The van der Waals surface area contributed by atoms with Crippen LogP contribution >= 0.6 is 0 Å². The van der Waals surface area contributed by atoms with E-state index in [0.717, 1.165) is 44.3 Å². The number of carbonyl (C=O) groups excluding carboxylic acids is 2. The number of aryl methyl sites for hydroxylation is 3. The molecule has 7 N–H and O–H groups in total. The van der Waals surface area contributed by atoms with Gasteiger partial charge in [0.1, 0.15) is 0 Å². The lowest BCUT2D eigenvalue weighted by molar-refractivity contribution is -0.140. The number of methoxy groups -OCH3 is 1. The van der Waals surface area contributed by atoms with Gasteiger partial charge in [0.05, 0.1) is 48.9 Å². The largest absolute Gasteiger partial charge is 0.481 e. The molecule has 3 aromatic rings. The molecule has 0 aliphatic carbocycles. The molecular formula is C38H47N5O8. The van der Waals surface area contributed by atoms with Gasteiger partial charge in [-0.15, -0.1) is 0 Å². The molecule has 3 aromatic heterocycles. The summed E-state index contributed by atoms with van der Waals surface area (Å²) in [5, 5.41) is 41.8. The molecular weight excluding hydrogens is 654 g/mol. The van der Waals surface area contributed by atoms with Crippen molar-refractivity contribution >= 4 is 51.1 Å². The van der Waals surface area contributed by atoms with Gasteiger partial charge in [0.2, 0.25) is 0 Å². The quantitative estimate of drug-likeness (QED) is 0.135. The number of aliphatic hydroxyl groups excluding tert-OH is 3. The summed E-state index contributed by atoms with van der Waals surface area (Å²) in [6, 6.07) is 5.83. The van der Waals surface area contributed by atoms with E-state index >= 15 is 0 Å². The average Bonchev–Trinajstić information content (AvgIpc) is 3.78. The van der Waals surface area contributed by atoms with Crippen molar-refractivity contribution in [3.8, 4) is 0 Å². The van der Waals surface area contributed by atoms with E-state index in [4.69, 9.17) is 14.7 Å². The SMILES string of the molecule is CCc1c(C)c2cc3[nH]c(cc4nc(c(CC(=O)OC)c5nc(cc1[nH]2)C(C)=C5C(=O)NCC(O)CO)C(CCC(=O)O)C4C)c(C)c3CCO. The van der Waals surface area contributed by atoms with Crippen molar-refractivity contribution in [2.75, 3.05) is 26.9 Å². The number of hydrogen-bond acceptors (Lipinski definition) is 9. The normalized spacial score (nSPS) is 16.3. The Balaban J connectivity index is 1.98. The fraction of sp³-hybridized carbons (Fsp3) is 0.447. The van der Waals surface area contributed by atoms with Crippen LogP contribution in [0, 0.1) is 13.8 Å². The first kappa shape index (κ1) is 37.4. The number of nitrogens with one attached hydrogen (secondary N) is 3. The first-order valence-corrected chi connectivity index (χ1v) is 17.3. The van der Waals surface area contributed by atoms with Gasteiger partial charge in [0, 0.05) is 64.7 Å². The average molecular weight is 702 g/mol. The maximum absolute atomic E-state index is 14.0. The number of hydrogen-bond donors (Lipinski definition) is 7. The Morgan fingerprint density at radius 3 is 2.25 bits per heavy atom. The van der Waals surface area contributed by atoms with Crippen LogP contribution in [0.5, 0.6) is 0 Å². The van der Waals surface area contributed by atoms with E-state index in [1.54, 1.807) is 6.92 Å². The molecule has 51 heavy (non-hydrogen) atoms. The maximum Gasteiger partial charge on any atom is 0.310 e. The Labute approximate surface area is 295 Å². The third-order valence-corrected chi connectivity index (χ3v) is 10.1. The molecule has 2 aliphatic rings. The molecule has 0 aromatic carbocycles. The Bertz CT molecular complexity index is 2060. The lowest BCUT2D eigenvalue weighted by Crippen LogP contribution is -2.34. The lowest BCUT2D eigenvalue weighted by Gasteiger charge is -2.18. The molecule has 13 heteroatoms. The van der Waals surface area contributed by atoms with Gasteiger partial charge in [-0.05, 0) is 86.1 Å². The number of rotatable bonds is 12. The third kappa shape index (κ3) is 7.46. The predicted octanol–water partition coefficient (Wildman–Crippen LogP) is 3.90. The highest BCUT2D eigenvalue weighted by atomic mass is 16.5. The zero-order chi connectivity index (χ0) is 37.1. The number of aromatic nitrogens is 4. The summed E-state index contributed by atoms with van der Waals surface area (Å²) in [5.41, 5.74) is 10.1. The molecule has 8 bridgehead atoms. The fourth-order valence-corrected chi connectivity index (χ4v) is 7.18. The molecule has 0 fully saturated rings. The van der Waals surface area contributed by atoms with Crippen molar-refractivity contribution < 1.29 is 39.5 Å². The second kappa shape index (κ2) is 15.6. The summed E-state index contributed by atoms with van der Waals surface area (Å²) >= 11 is 0. The van der Waals surface area contributed by atoms with Crippen molar-refractivity contribution in [3.63, 3.8) is 0 Å². The van der Waals surface area contributed by atoms with Crippen LogP contribution < -0.4 is 5.32 Å². The molecule has 3 atom stereocenters. The first-order chi connectivity index (χ1) is 24.3. The highest BCUT2D eigenvalue weighted by Crippen LogP contribution is 2.44. The number of aliphatic hydroxyl groups is 3. The van der Waals surface area contributed by atoms with Crippen molar-refractivity contribution in [1.82, 2.24) is 25.3 Å². The highest BCUT2D eigenvalue weighted by Gasteiger charge is 2.35. The summed E-state index contributed by atoms with van der Waals surface area (Å²) in [4.78, 5) is 56.1. The number of H-pyrrole nitrogens is 2. The molecule has 5 rings (SSSR count). The van der Waals surface area contributed by atoms with Gasteiger partial charge < -0.3 is 40.4 Å². The van der Waals surface area contributed by atoms with E-state index in [2.05, 4.69) is 22.2 Å². The van der Waals surface area contributed by atoms with E-state index in [1.807, 2.05) is 39.0 Å². The van der Waals surface area contributed by atoms with Gasteiger partial charge in [0.25, 0.3) is 5.91 Å². The van der Waals surface area contributed by atoms with Gasteiger partial charge in [-0.25, -0.2) is 4.98 Å². The van der Waals surface area contributed by atoms with Crippen molar-refractivity contribution in [1.29, 1.82) is 0 Å². The molecule has 13 nitrogen and oxygen atoms in total. The summed E-state index contributed by atoms with van der Waals surface area (Å²) < 4.78 is 5.11. The first-order valence-electron chi connectivity index (χ1n) is 17.3. The number of aliphatic carboxylic acids is 1. The molecule has 272 valence electrons. The Hall–Kier alpha value is -4.85. The summed E-state index contributed by atoms with van der Waals surface area (Å²) in [5.74, 6) is -2.86. The number of carbonyl (C=O) groups is 3. The van der Waals surface area contributed by atoms with E-state index in [0.29, 0.717) is 41.1 Å². The van der Waals surface area contributed by atoms with Crippen molar-refractivity contribution in [2.24, 2.45) is 0 Å². The molecule has 0 saturated carbocycles. The topological polar surface area (TPSA) is 211 Å². The van der Waals surface area contributed by atoms with E-state index < -0.39 is 36.5 Å². The van der Waals surface area contributed by atoms with Gasteiger partial charge in [-0.2, -0.15) is 0 Å². The van der Waals surface area contributed by atoms with Crippen molar-refractivity contribution in [3.05, 3.63) is 68.8 Å². The van der Waals surface area contributed by atoms with Gasteiger partial charge in [0.15, 0.2) is 0 Å². The number of amides is 1. The zero-order valence-corrected chi connectivity index (χ0v) is 29.9. The Kier molecular flexibility index (Phi) is 11.4. The van der Waals surface area contributed by atoms with E-state index in [9.17, 15) is 34.8 Å². The van der Waals surface area contributed by atoms with Crippen molar-refractivity contribution in [2.45, 2.75) is 84.7 Å². The fourth-order valence-electron chi connectivity index (χ4n) is 7.18. The number of aromatic amines is 2. The number of nitrogens with zero attached hydrogens (tertiary/aromatic N) is 2. The van der Waals surface area contributed by atoms with Crippen LogP contribution in [0.4, 0.5) is 0 Å². The minimum Gasteiger partial charge on any atom is -0.481 e. The van der Waals surface area contributed by atoms with Crippen LogP contribution in [0.1, 0.15) is 96.0 Å². The number of esters is 1. The highest BCUT2D eigenvalue weighted by molar-refractivity contribution is 6.27. The standard InChI is InChI=1S/C38H47N5O8/c1-7-23-18(2)28-14-32-24(10-11-44)19(3)27(41-32)13-29-20(4)25(8-9-33(47)48)36(42-29)26(12-34(49)51-6)37-35(38(50)39-16-22(46)17-45)21(5)30(43-37)15-31(23)40-28/h13-15,20,22,25,40-41,44-46H,7-12,16-17H2,1-6H3,(H,39,50)(H,47,48). The predicted molar refractivity (Wildman–Crippen MR) is 193 cm³/mol. The van der Waals surface area contributed by atoms with E-state index in [1.165, 1.54) is 7.11 Å². The van der Waals surface area contributed by atoms with Crippen LogP contribution in [0.15, 0.2) is 18.2 Å². The lowest BCUT2D eigenvalue weighted by atomic mass is 9.84. The number of fused-ring (bicyclic) bond motifs is 8. The molecule has 1 amide bonds. The monoisotopic (exact) mass is 701 g/mol. The Morgan fingerprint density at radius 1 is 0.961 bits per heavy atom. The van der Waals surface area contributed by atoms with Crippen LogP contribution in [0.2, 0.25) is 0 Å². The van der Waals surface area contributed by atoms with Gasteiger partial charge in [-0.1, -0.05) is 13.8 Å². The molecule has 5 heterocycles. The summed E-state index contributed by atoms with van der Waals surface area (Å²) in [6.45, 7) is 8.98. The second-order valence-electron chi connectivity index (χ2n) is 13.2. The van der Waals surface area contributed by atoms with Crippen LogP contribution in [-0.4, -0.2) is 91.2 Å². The zero-order valence-electron chi connectivity index (χ0n) is 29.9. The second-order valence-corrected chi connectivity index (χ2v) is 13.2. The number of allylic oxidation sites excluding steroid dienone is 1. The van der Waals surface area contributed by atoms with Crippen LogP contribution in [0.3, 0.4) is 0 Å². The third-order valence-electron chi connectivity index (χ3n) is 10.1. The van der Waals surface area contributed by atoms with Gasteiger partial charge >= 0.3 is 11.9 Å². The molecule has 2 aliphatic heterocycles. The maximum atomic E-state index is 14.0. The minimum atomic E-state index is -1.19. The number of carboxylic acids is 1. The summed E-state index contributed by atoms with van der Waals surface area (Å²) in [6.07, 6.45) is -0.291. The summed E-state index contributed by atoms with van der Waals surface area (Å²) in [7, 11) is 1.27.